The fourth-order valence-corrected chi connectivity index (χ4v) is 2.80. The molecule has 0 saturated carbocycles. The molecule has 2 aromatic rings. The van der Waals surface area contributed by atoms with Crippen molar-refractivity contribution in [2.75, 3.05) is 27.4 Å². The Morgan fingerprint density at radius 1 is 0.853 bits per heavy atom. The van der Waals surface area contributed by atoms with Gasteiger partial charge in [-0.1, -0.05) is 0 Å². The van der Waals surface area contributed by atoms with Crippen LogP contribution in [0.2, 0.25) is 0 Å². The number of nitro groups is 2. The number of benzene rings is 2. The Balaban J connectivity index is 0.00000182. The van der Waals surface area contributed by atoms with E-state index in [1.54, 1.807) is 13.8 Å². The van der Waals surface area contributed by atoms with Crippen LogP contribution in [0.15, 0.2) is 24.3 Å². The number of hydrogen-bond donors (Lipinski definition) is 0. The van der Waals surface area contributed by atoms with Gasteiger partial charge in [0.15, 0.2) is 11.5 Å². The first-order chi connectivity index (χ1) is 16.1. The Morgan fingerprint density at radius 2 is 1.38 bits per heavy atom. The Hall–Kier alpha value is -4.51. The summed E-state index contributed by atoms with van der Waals surface area (Å²) in [6.07, 6.45) is 0.636. The predicted octanol–water partition coefficient (Wildman–Crippen LogP) is 3.18. The minimum absolute atomic E-state index is 0.0827. The summed E-state index contributed by atoms with van der Waals surface area (Å²) in [5.41, 5.74) is 0.322. The van der Waals surface area contributed by atoms with Crippen molar-refractivity contribution in [2.45, 2.75) is 20.3 Å². The average molecular weight is 478 g/mol. The van der Waals surface area contributed by atoms with Gasteiger partial charge >= 0.3 is 12.1 Å². The van der Waals surface area contributed by atoms with Crippen molar-refractivity contribution in [3.63, 3.8) is 0 Å². The van der Waals surface area contributed by atoms with Crippen molar-refractivity contribution in [1.82, 2.24) is 0 Å². The SMILES string of the molecule is COC(=O)c1cc(C)c(OCCCOc2cc([N+](=O)[O-])c(C)cc2OC)cc1[N+](=O)[O-].O=C=O. The van der Waals surface area contributed by atoms with Gasteiger partial charge in [0.1, 0.15) is 11.3 Å². The molecular weight excluding hydrogens is 456 g/mol. The molecule has 0 heterocycles. The largest absolute Gasteiger partial charge is 0.493 e. The minimum atomic E-state index is -0.809. The van der Waals surface area contributed by atoms with Crippen LogP contribution < -0.4 is 14.2 Å². The van der Waals surface area contributed by atoms with E-state index < -0.39 is 21.5 Å². The highest BCUT2D eigenvalue weighted by atomic mass is 16.6. The first kappa shape index (κ1) is 27.5. The fraction of sp³-hybridized carbons (Fsp3) is 0.333. The Labute approximate surface area is 193 Å². The molecule has 2 aromatic carbocycles. The lowest BCUT2D eigenvalue weighted by atomic mass is 10.1. The molecule has 0 aromatic heterocycles. The summed E-state index contributed by atoms with van der Waals surface area (Å²) in [6.45, 7) is 3.58. The van der Waals surface area contributed by atoms with Gasteiger partial charge in [-0.15, -0.1) is 0 Å². The molecular formula is C21H22N2O11. The molecule has 0 bridgehead atoms. The summed E-state index contributed by atoms with van der Waals surface area (Å²) in [7, 11) is 2.58. The number of methoxy groups -OCH3 is 2. The van der Waals surface area contributed by atoms with Crippen LogP contribution in [0.4, 0.5) is 11.4 Å². The number of ether oxygens (including phenoxy) is 4. The molecule has 0 aliphatic rings. The quantitative estimate of drug-likeness (QED) is 0.212. The molecule has 13 nitrogen and oxygen atoms in total. The normalized spacial score (nSPS) is 9.65. The van der Waals surface area contributed by atoms with Crippen molar-refractivity contribution >= 4 is 23.5 Å². The summed E-state index contributed by atoms with van der Waals surface area (Å²) >= 11 is 0. The van der Waals surface area contributed by atoms with Crippen LogP contribution in [0.3, 0.4) is 0 Å². The van der Waals surface area contributed by atoms with Crippen molar-refractivity contribution in [2.24, 2.45) is 0 Å². The number of carbonyl (C=O) groups is 1. The van der Waals surface area contributed by atoms with Crippen LogP contribution in [-0.4, -0.2) is 49.4 Å². The van der Waals surface area contributed by atoms with Crippen LogP contribution in [0.5, 0.6) is 17.2 Å². The number of esters is 1. The van der Waals surface area contributed by atoms with Crippen LogP contribution >= 0.6 is 0 Å². The second-order valence-electron chi connectivity index (χ2n) is 6.56. The highest BCUT2D eigenvalue weighted by molar-refractivity contribution is 5.94. The third-order valence-electron chi connectivity index (χ3n) is 4.38. The molecule has 0 aliphatic carbocycles. The molecule has 0 aliphatic heterocycles. The topological polar surface area (TPSA) is 174 Å². The van der Waals surface area contributed by atoms with Crippen LogP contribution in [0.1, 0.15) is 27.9 Å². The number of nitro benzene ring substituents is 2. The Bertz CT molecular complexity index is 1090. The zero-order valence-corrected chi connectivity index (χ0v) is 18.8. The molecule has 13 heteroatoms. The maximum atomic E-state index is 11.7. The van der Waals surface area contributed by atoms with E-state index in [-0.39, 0.29) is 42.1 Å². The number of nitrogens with zero attached hydrogens (tertiary/aromatic N) is 2. The summed E-state index contributed by atoms with van der Waals surface area (Å²) in [5.74, 6) is 0.0433. The van der Waals surface area contributed by atoms with E-state index in [1.165, 1.54) is 31.4 Å². The van der Waals surface area contributed by atoms with Crippen molar-refractivity contribution in [1.29, 1.82) is 0 Å². The van der Waals surface area contributed by atoms with E-state index >= 15 is 0 Å². The number of hydrogen-bond acceptors (Lipinski definition) is 11. The number of carbonyl (C=O) groups excluding carboxylic acids is 3. The van der Waals surface area contributed by atoms with Gasteiger partial charge in [0.05, 0.1) is 49.4 Å². The van der Waals surface area contributed by atoms with Crippen molar-refractivity contribution < 1.29 is 43.2 Å². The first-order valence-electron chi connectivity index (χ1n) is 9.56. The van der Waals surface area contributed by atoms with E-state index in [1.807, 2.05) is 0 Å². The lowest BCUT2D eigenvalue weighted by Crippen LogP contribution is -2.09. The van der Waals surface area contributed by atoms with Gasteiger partial charge in [0.25, 0.3) is 11.4 Å². The minimum Gasteiger partial charge on any atom is -0.493 e. The molecule has 0 fully saturated rings. The summed E-state index contributed by atoms with van der Waals surface area (Å²) in [4.78, 5) is 49.2. The van der Waals surface area contributed by atoms with E-state index in [4.69, 9.17) is 23.8 Å². The molecule has 182 valence electrons. The standard InChI is InChI=1S/C20H22N2O9.CO2/c1-12-9-18(28-3)19(10-15(12)21(24)25)31-7-5-6-30-17-11-16(22(26)27)14(8-13(17)2)20(23)29-4;2-1-3/h8-11H,5-7H2,1-4H3;. The van der Waals surface area contributed by atoms with Gasteiger partial charge in [0, 0.05) is 12.0 Å². The molecule has 0 N–H and O–H groups in total. The predicted molar refractivity (Wildman–Crippen MR) is 114 cm³/mol. The summed E-state index contributed by atoms with van der Waals surface area (Å²) < 4.78 is 21.0. The van der Waals surface area contributed by atoms with Gasteiger partial charge in [-0.25, -0.2) is 4.79 Å². The highest BCUT2D eigenvalue weighted by Gasteiger charge is 2.23. The molecule has 0 unspecified atom stereocenters. The summed E-state index contributed by atoms with van der Waals surface area (Å²) in [6, 6.07) is 5.34. The Kier molecular flexibility index (Phi) is 10.6. The van der Waals surface area contributed by atoms with E-state index in [0.29, 0.717) is 23.3 Å². The molecule has 2 rings (SSSR count). The zero-order chi connectivity index (χ0) is 25.8. The average Bonchev–Trinajstić information content (AvgIpc) is 2.79. The van der Waals surface area contributed by atoms with Gasteiger partial charge in [0.2, 0.25) is 0 Å². The molecule has 0 atom stereocenters. The molecule has 34 heavy (non-hydrogen) atoms. The Morgan fingerprint density at radius 3 is 1.88 bits per heavy atom. The maximum Gasteiger partial charge on any atom is 0.373 e. The molecule has 0 amide bonds. The van der Waals surface area contributed by atoms with Gasteiger partial charge < -0.3 is 18.9 Å². The zero-order valence-electron chi connectivity index (χ0n) is 18.8. The summed E-state index contributed by atoms with van der Waals surface area (Å²) in [5, 5.41) is 22.4. The second-order valence-corrected chi connectivity index (χ2v) is 6.56. The number of rotatable bonds is 10. The lowest BCUT2D eigenvalue weighted by Gasteiger charge is -2.13. The molecule has 0 saturated heterocycles. The highest BCUT2D eigenvalue weighted by Crippen LogP contribution is 2.34. The maximum absolute atomic E-state index is 11.7. The number of aryl methyl sites for hydroxylation is 2. The van der Waals surface area contributed by atoms with Gasteiger partial charge in [-0.3, -0.25) is 20.2 Å². The third kappa shape index (κ3) is 7.28. The van der Waals surface area contributed by atoms with Crippen LogP contribution in [-0.2, 0) is 14.3 Å². The van der Waals surface area contributed by atoms with E-state index in [9.17, 15) is 25.0 Å². The smallest absolute Gasteiger partial charge is 0.373 e. The molecule has 0 spiro atoms. The first-order valence-corrected chi connectivity index (χ1v) is 9.56. The lowest BCUT2D eigenvalue weighted by molar-refractivity contribution is -0.385. The van der Waals surface area contributed by atoms with Crippen molar-refractivity contribution in [3.05, 3.63) is 61.2 Å². The van der Waals surface area contributed by atoms with Gasteiger partial charge in [-0.05, 0) is 31.5 Å². The van der Waals surface area contributed by atoms with E-state index in [0.717, 1.165) is 7.11 Å². The van der Waals surface area contributed by atoms with Crippen LogP contribution in [0, 0.1) is 34.1 Å². The second kappa shape index (κ2) is 13.1. The molecule has 0 radical (unpaired) electrons. The van der Waals surface area contributed by atoms with E-state index in [2.05, 4.69) is 4.74 Å². The van der Waals surface area contributed by atoms with Gasteiger partial charge in [-0.2, -0.15) is 9.59 Å². The monoisotopic (exact) mass is 478 g/mol. The van der Waals surface area contributed by atoms with Crippen LogP contribution in [0.25, 0.3) is 0 Å². The third-order valence-corrected chi connectivity index (χ3v) is 4.38. The van der Waals surface area contributed by atoms with Crippen molar-refractivity contribution in [3.8, 4) is 17.2 Å². The fourth-order valence-electron chi connectivity index (χ4n) is 2.80.